The van der Waals surface area contributed by atoms with Crippen molar-refractivity contribution in [2.75, 3.05) is 44.7 Å². The summed E-state index contributed by atoms with van der Waals surface area (Å²) in [6.45, 7) is 4.48. The first kappa shape index (κ1) is 22.0. The van der Waals surface area contributed by atoms with Gasteiger partial charge in [-0.05, 0) is 50.4 Å². The number of piperidine rings is 1. The Kier molecular flexibility index (Phi) is 9.00. The minimum Gasteiger partial charge on any atom is -0.371 e. The molecule has 142 valence electrons. The van der Waals surface area contributed by atoms with E-state index >= 15 is 0 Å². The van der Waals surface area contributed by atoms with Crippen LogP contribution >= 0.6 is 24.8 Å². The predicted octanol–water partition coefficient (Wildman–Crippen LogP) is 2.24. The van der Waals surface area contributed by atoms with Gasteiger partial charge in [-0.1, -0.05) is 18.2 Å². The number of methoxy groups -OCH3 is 1. The molecular weight excluding hydrogens is 361 g/mol. The van der Waals surface area contributed by atoms with Gasteiger partial charge in [0, 0.05) is 32.4 Å². The van der Waals surface area contributed by atoms with Gasteiger partial charge in [-0.25, -0.2) is 0 Å². The summed E-state index contributed by atoms with van der Waals surface area (Å²) in [4.78, 5) is 15.0. The zero-order chi connectivity index (χ0) is 16.1. The summed E-state index contributed by atoms with van der Waals surface area (Å²) in [6, 6.07) is 10.5. The maximum absolute atomic E-state index is 12.6. The fourth-order valence-corrected chi connectivity index (χ4v) is 3.63. The summed E-state index contributed by atoms with van der Waals surface area (Å²) < 4.78 is 5.58. The van der Waals surface area contributed by atoms with E-state index in [1.165, 1.54) is 5.69 Å². The fraction of sp³-hybridized carbons (Fsp3) is 0.611. The number of carbonyl (C=O) groups is 1. The highest BCUT2D eigenvalue weighted by atomic mass is 35.5. The maximum Gasteiger partial charge on any atom is 0.252 e. The monoisotopic (exact) mass is 389 g/mol. The Labute approximate surface area is 162 Å². The van der Waals surface area contributed by atoms with E-state index in [0.717, 1.165) is 52.0 Å². The zero-order valence-corrected chi connectivity index (χ0v) is 16.3. The van der Waals surface area contributed by atoms with Crippen LogP contribution in [0.25, 0.3) is 0 Å². The van der Waals surface area contributed by atoms with Gasteiger partial charge in [0.25, 0.3) is 5.91 Å². The topological polar surface area (TPSA) is 53.6 Å². The summed E-state index contributed by atoms with van der Waals surface area (Å²) >= 11 is 0. The van der Waals surface area contributed by atoms with Crippen molar-refractivity contribution in [3.05, 3.63) is 30.3 Å². The van der Waals surface area contributed by atoms with Crippen LogP contribution in [0.1, 0.15) is 19.3 Å². The molecule has 25 heavy (non-hydrogen) atoms. The SMILES string of the molecule is COC1(C(=O)NCC2CCN(c3ccccc3)C2)CCNCC1.Cl.Cl. The van der Waals surface area contributed by atoms with Crippen LogP contribution in [-0.4, -0.2) is 51.3 Å². The molecule has 5 nitrogen and oxygen atoms in total. The summed E-state index contributed by atoms with van der Waals surface area (Å²) in [6.07, 6.45) is 2.61. The second-order valence-corrected chi connectivity index (χ2v) is 6.59. The molecule has 1 amide bonds. The number of hydrogen-bond donors (Lipinski definition) is 2. The molecule has 1 aromatic carbocycles. The second-order valence-electron chi connectivity index (χ2n) is 6.59. The Morgan fingerprint density at radius 2 is 1.96 bits per heavy atom. The number of amides is 1. The number of hydrogen-bond acceptors (Lipinski definition) is 4. The van der Waals surface area contributed by atoms with E-state index in [1.807, 2.05) is 6.07 Å². The molecule has 0 bridgehead atoms. The third-order valence-electron chi connectivity index (χ3n) is 5.17. The molecule has 0 aromatic heterocycles. The first-order valence-corrected chi connectivity index (χ1v) is 8.58. The van der Waals surface area contributed by atoms with Crippen LogP contribution in [-0.2, 0) is 9.53 Å². The van der Waals surface area contributed by atoms with Crippen molar-refractivity contribution in [1.82, 2.24) is 10.6 Å². The van der Waals surface area contributed by atoms with E-state index in [2.05, 4.69) is 39.8 Å². The molecule has 0 aliphatic carbocycles. The van der Waals surface area contributed by atoms with Crippen LogP contribution in [0.5, 0.6) is 0 Å². The molecule has 2 aliphatic rings. The smallest absolute Gasteiger partial charge is 0.252 e. The van der Waals surface area contributed by atoms with Crippen LogP contribution in [0.4, 0.5) is 5.69 Å². The minimum atomic E-state index is -0.636. The first-order chi connectivity index (χ1) is 11.2. The van der Waals surface area contributed by atoms with Gasteiger partial charge in [-0.3, -0.25) is 4.79 Å². The molecule has 0 radical (unpaired) electrons. The van der Waals surface area contributed by atoms with E-state index < -0.39 is 5.60 Å². The number of para-hydroxylation sites is 1. The Bertz CT molecular complexity index is 524. The summed E-state index contributed by atoms with van der Waals surface area (Å²) in [5.74, 6) is 0.564. The highest BCUT2D eigenvalue weighted by Crippen LogP contribution is 2.25. The number of rotatable bonds is 5. The molecule has 1 atom stereocenters. The molecule has 3 rings (SSSR count). The van der Waals surface area contributed by atoms with Crippen LogP contribution in [0.15, 0.2) is 30.3 Å². The molecule has 1 aromatic rings. The van der Waals surface area contributed by atoms with Crippen molar-refractivity contribution in [3.63, 3.8) is 0 Å². The molecule has 2 saturated heterocycles. The third-order valence-corrected chi connectivity index (χ3v) is 5.17. The summed E-state index contributed by atoms with van der Waals surface area (Å²) in [5, 5.41) is 6.42. The van der Waals surface area contributed by atoms with E-state index in [4.69, 9.17) is 4.74 Å². The normalized spacial score (nSPS) is 21.8. The zero-order valence-electron chi connectivity index (χ0n) is 14.7. The van der Waals surface area contributed by atoms with Crippen molar-refractivity contribution in [2.45, 2.75) is 24.9 Å². The Morgan fingerprint density at radius 3 is 2.60 bits per heavy atom. The summed E-state index contributed by atoms with van der Waals surface area (Å²) in [5.41, 5.74) is 0.635. The van der Waals surface area contributed by atoms with Gasteiger partial charge in [-0.2, -0.15) is 0 Å². The number of anilines is 1. The molecule has 2 aliphatic heterocycles. The molecule has 2 fully saturated rings. The quantitative estimate of drug-likeness (QED) is 0.810. The maximum atomic E-state index is 12.6. The number of carbonyl (C=O) groups excluding carboxylic acids is 1. The third kappa shape index (κ3) is 5.23. The Hall–Kier alpha value is -1.01. The second kappa shape index (κ2) is 10.2. The summed E-state index contributed by atoms with van der Waals surface area (Å²) in [7, 11) is 1.65. The molecule has 2 N–H and O–H groups in total. The lowest BCUT2D eigenvalue weighted by atomic mass is 9.91. The molecule has 7 heteroatoms. The lowest BCUT2D eigenvalue weighted by Crippen LogP contribution is -2.54. The highest BCUT2D eigenvalue weighted by molar-refractivity contribution is 5.86. The number of ether oxygens (including phenoxy) is 1. The first-order valence-electron chi connectivity index (χ1n) is 8.58. The lowest BCUT2D eigenvalue weighted by Gasteiger charge is -2.35. The fourth-order valence-electron chi connectivity index (χ4n) is 3.63. The van der Waals surface area contributed by atoms with Crippen LogP contribution in [0, 0.1) is 5.92 Å². The molecule has 1 unspecified atom stereocenters. The molecule has 0 spiro atoms. The standard InChI is InChI=1S/C18H27N3O2.2ClH/c1-23-18(8-10-19-11-9-18)17(22)20-13-15-7-12-21(14-15)16-5-3-2-4-6-16;;/h2-6,15,19H,7-14H2,1H3,(H,20,22);2*1H. The minimum absolute atomic E-state index is 0. The van der Waals surface area contributed by atoms with Gasteiger partial charge in [-0.15, -0.1) is 24.8 Å². The van der Waals surface area contributed by atoms with Crippen molar-refractivity contribution in [3.8, 4) is 0 Å². The largest absolute Gasteiger partial charge is 0.371 e. The lowest BCUT2D eigenvalue weighted by molar-refractivity contribution is -0.146. The number of nitrogens with one attached hydrogen (secondary N) is 2. The molecule has 0 saturated carbocycles. The van der Waals surface area contributed by atoms with E-state index in [0.29, 0.717) is 5.92 Å². The van der Waals surface area contributed by atoms with Crippen LogP contribution in [0.2, 0.25) is 0 Å². The number of halogens is 2. The van der Waals surface area contributed by atoms with E-state index in [1.54, 1.807) is 7.11 Å². The number of nitrogens with zero attached hydrogens (tertiary/aromatic N) is 1. The highest BCUT2D eigenvalue weighted by Gasteiger charge is 2.39. The average molecular weight is 390 g/mol. The van der Waals surface area contributed by atoms with E-state index in [9.17, 15) is 4.79 Å². The van der Waals surface area contributed by atoms with Gasteiger partial charge in [0.1, 0.15) is 5.60 Å². The molecule has 2 heterocycles. The van der Waals surface area contributed by atoms with Gasteiger partial charge in [0.05, 0.1) is 0 Å². The van der Waals surface area contributed by atoms with Crippen molar-refractivity contribution in [2.24, 2.45) is 5.92 Å². The average Bonchev–Trinajstić information content (AvgIpc) is 3.10. The van der Waals surface area contributed by atoms with Gasteiger partial charge >= 0.3 is 0 Å². The Morgan fingerprint density at radius 1 is 1.28 bits per heavy atom. The van der Waals surface area contributed by atoms with Gasteiger partial charge in [0.2, 0.25) is 0 Å². The van der Waals surface area contributed by atoms with E-state index in [-0.39, 0.29) is 30.7 Å². The predicted molar refractivity (Wildman–Crippen MR) is 106 cm³/mol. The van der Waals surface area contributed by atoms with Crippen molar-refractivity contribution < 1.29 is 9.53 Å². The molecular formula is C18H29Cl2N3O2. The van der Waals surface area contributed by atoms with Crippen molar-refractivity contribution in [1.29, 1.82) is 0 Å². The van der Waals surface area contributed by atoms with Gasteiger partial charge < -0.3 is 20.3 Å². The number of benzene rings is 1. The van der Waals surface area contributed by atoms with Gasteiger partial charge in [0.15, 0.2) is 0 Å². The van der Waals surface area contributed by atoms with Crippen molar-refractivity contribution >= 4 is 36.4 Å². The van der Waals surface area contributed by atoms with Crippen LogP contribution in [0.3, 0.4) is 0 Å². The van der Waals surface area contributed by atoms with Crippen LogP contribution < -0.4 is 15.5 Å². The Balaban J connectivity index is 0.00000156.